The van der Waals surface area contributed by atoms with E-state index in [4.69, 9.17) is 14.0 Å². The monoisotopic (exact) mass is 398 g/mol. The predicted molar refractivity (Wildman–Crippen MR) is 113 cm³/mol. The fraction of sp³-hybridized carbons (Fsp3) is 0.364. The molecule has 0 aliphatic rings. The van der Waals surface area contributed by atoms with Crippen LogP contribution in [0.5, 0.6) is 0 Å². The Labute approximate surface area is 167 Å². The molecule has 2 atom stereocenters. The van der Waals surface area contributed by atoms with Crippen molar-refractivity contribution in [3.05, 3.63) is 71.8 Å². The highest BCUT2D eigenvalue weighted by atomic mass is 31.2. The van der Waals surface area contributed by atoms with E-state index >= 15 is 0 Å². The Morgan fingerprint density at radius 3 is 1.86 bits per heavy atom. The molecule has 5 nitrogen and oxygen atoms in total. The molecule has 28 heavy (non-hydrogen) atoms. The molecule has 0 fully saturated rings. The number of benzene rings is 2. The van der Waals surface area contributed by atoms with E-state index in [9.17, 15) is 9.83 Å². The van der Waals surface area contributed by atoms with Gasteiger partial charge in [-0.05, 0) is 27.2 Å². The molecule has 0 aromatic heterocycles. The second kappa shape index (κ2) is 10.9. The van der Waals surface area contributed by atoms with Gasteiger partial charge >= 0.3 is 7.60 Å². The van der Waals surface area contributed by atoms with Crippen LogP contribution >= 0.6 is 7.60 Å². The normalized spacial score (nSPS) is 13.4. The summed E-state index contributed by atoms with van der Waals surface area (Å²) in [5.41, 5.74) is 2.52. The van der Waals surface area contributed by atoms with E-state index < -0.39 is 13.4 Å². The van der Waals surface area contributed by atoms with Gasteiger partial charge in [0.05, 0.1) is 25.0 Å². The lowest BCUT2D eigenvalue weighted by Gasteiger charge is -2.25. The lowest BCUT2D eigenvalue weighted by Crippen LogP contribution is -2.18. The molecule has 0 radical (unpaired) electrons. The minimum Gasteiger partial charge on any atom is -0.307 e. The van der Waals surface area contributed by atoms with Gasteiger partial charge in [-0.15, -0.1) is 0 Å². The van der Waals surface area contributed by atoms with Gasteiger partial charge in [0, 0.05) is 17.0 Å². The summed E-state index contributed by atoms with van der Waals surface area (Å²) in [6.07, 6.45) is 0.289. The van der Waals surface area contributed by atoms with E-state index in [1.54, 1.807) is 20.8 Å². The number of hydrogen-bond acceptors (Lipinski definition) is 5. The third kappa shape index (κ3) is 5.87. The number of rotatable bonds is 10. The first-order valence-corrected chi connectivity index (χ1v) is 11.1. The topological polar surface area (TPSA) is 71.7 Å². The largest absolute Gasteiger partial charge is 0.354 e. The van der Waals surface area contributed by atoms with Gasteiger partial charge in [0.25, 0.3) is 0 Å². The Hall–Kier alpha value is -2.25. The van der Waals surface area contributed by atoms with E-state index in [1.165, 1.54) is 0 Å². The molecule has 0 bridgehead atoms. The van der Waals surface area contributed by atoms with Crippen molar-refractivity contribution in [1.82, 2.24) is 0 Å². The van der Waals surface area contributed by atoms with Gasteiger partial charge in [0.15, 0.2) is 5.78 Å². The zero-order valence-corrected chi connectivity index (χ0v) is 17.5. The minimum atomic E-state index is -3.53. The van der Waals surface area contributed by atoms with Crippen molar-refractivity contribution in [3.63, 3.8) is 0 Å². The van der Waals surface area contributed by atoms with Gasteiger partial charge in [-0.3, -0.25) is 9.56 Å². The molecule has 0 aliphatic heterocycles. The smallest absolute Gasteiger partial charge is 0.307 e. The third-order valence-corrected chi connectivity index (χ3v) is 6.43. The second-order valence-corrected chi connectivity index (χ2v) is 8.52. The maximum atomic E-state index is 13.5. The van der Waals surface area contributed by atoms with Gasteiger partial charge in [-0.25, -0.2) is 0 Å². The van der Waals surface area contributed by atoms with E-state index in [0.717, 1.165) is 11.1 Å². The Balaban J connectivity index is 2.61. The minimum absolute atomic E-state index is 0.246. The van der Waals surface area contributed by atoms with E-state index in [1.807, 2.05) is 60.7 Å². The zero-order valence-electron chi connectivity index (χ0n) is 16.6. The first-order chi connectivity index (χ1) is 13.5. The van der Waals surface area contributed by atoms with Crippen molar-refractivity contribution in [1.29, 1.82) is 5.26 Å². The van der Waals surface area contributed by atoms with Gasteiger partial charge in [0.2, 0.25) is 0 Å². The molecule has 2 rings (SSSR count). The Morgan fingerprint density at radius 1 is 1.00 bits per heavy atom. The summed E-state index contributed by atoms with van der Waals surface area (Å²) in [6.45, 7) is 5.83. The Morgan fingerprint density at radius 2 is 1.46 bits per heavy atom. The molecule has 2 aromatic carbocycles. The summed E-state index contributed by atoms with van der Waals surface area (Å²) in [5.74, 6) is -1.10. The Bertz CT molecular complexity index is 796. The average Bonchev–Trinajstić information content (AvgIpc) is 2.72. The van der Waals surface area contributed by atoms with Crippen molar-refractivity contribution < 1.29 is 13.6 Å². The molecule has 0 saturated carbocycles. The van der Waals surface area contributed by atoms with Crippen LogP contribution < -0.4 is 0 Å². The summed E-state index contributed by atoms with van der Waals surface area (Å²) in [7, 11) is -3.53. The van der Waals surface area contributed by atoms with Crippen molar-refractivity contribution >= 4 is 13.3 Å². The van der Waals surface area contributed by atoms with Crippen LogP contribution in [0.4, 0.5) is 0 Å². The number of nitriles is 1. The van der Waals surface area contributed by atoms with Crippen molar-refractivity contribution in [2.75, 3.05) is 13.2 Å². The van der Waals surface area contributed by atoms with Crippen LogP contribution in [-0.2, 0) is 13.6 Å². The molecule has 148 valence electrons. The third-order valence-electron chi connectivity index (χ3n) is 4.14. The number of aliphatic imine (C=N–C) groups is 1. The summed E-state index contributed by atoms with van der Waals surface area (Å²) < 4.78 is 24.6. The van der Waals surface area contributed by atoms with E-state index in [-0.39, 0.29) is 25.6 Å². The van der Waals surface area contributed by atoms with Crippen molar-refractivity contribution in [2.24, 2.45) is 10.9 Å². The first-order valence-electron chi connectivity index (χ1n) is 9.51. The maximum Gasteiger partial charge on any atom is 0.354 e. The summed E-state index contributed by atoms with van der Waals surface area (Å²) in [4.78, 5) is 4.87. The number of nitrogens with zero attached hydrogens (tertiary/aromatic N) is 2. The summed E-state index contributed by atoms with van der Waals surface area (Å²) in [5, 5.41) is 9.31. The lowest BCUT2D eigenvalue weighted by atomic mass is 10.0. The molecule has 0 amide bonds. The molecular formula is C22H27N2O3P. The molecule has 6 heteroatoms. The lowest BCUT2D eigenvalue weighted by molar-refractivity contribution is 0.210. The predicted octanol–water partition coefficient (Wildman–Crippen LogP) is 5.67. The fourth-order valence-electron chi connectivity index (χ4n) is 2.85. The van der Waals surface area contributed by atoms with Crippen LogP contribution in [0.2, 0.25) is 0 Å². The van der Waals surface area contributed by atoms with Gasteiger partial charge < -0.3 is 9.05 Å². The van der Waals surface area contributed by atoms with Gasteiger partial charge in [-0.1, -0.05) is 60.7 Å². The molecule has 2 aromatic rings. The second-order valence-electron chi connectivity index (χ2n) is 6.33. The first kappa shape index (κ1) is 22.0. The molecule has 0 saturated heterocycles. The molecule has 0 N–H and O–H groups in total. The summed E-state index contributed by atoms with van der Waals surface area (Å²) >= 11 is 0. The van der Waals surface area contributed by atoms with Crippen LogP contribution in [-0.4, -0.2) is 24.7 Å². The van der Waals surface area contributed by atoms with Crippen LogP contribution in [0.15, 0.2) is 65.7 Å². The molecule has 0 spiro atoms. The average molecular weight is 398 g/mol. The van der Waals surface area contributed by atoms with E-state index in [0.29, 0.717) is 5.71 Å². The van der Waals surface area contributed by atoms with E-state index in [2.05, 4.69) is 6.07 Å². The van der Waals surface area contributed by atoms with Crippen molar-refractivity contribution in [2.45, 2.75) is 33.0 Å². The quantitative estimate of drug-likeness (QED) is 0.382. The zero-order chi connectivity index (χ0) is 20.4. The molecule has 0 heterocycles. The Kier molecular flexibility index (Phi) is 8.60. The highest BCUT2D eigenvalue weighted by Crippen LogP contribution is 2.55. The van der Waals surface area contributed by atoms with Crippen LogP contribution in [0.3, 0.4) is 0 Å². The fourth-order valence-corrected chi connectivity index (χ4v) is 4.82. The van der Waals surface area contributed by atoms with Crippen LogP contribution in [0, 0.1) is 17.2 Å². The van der Waals surface area contributed by atoms with Gasteiger partial charge in [-0.2, -0.15) is 5.26 Å². The highest BCUT2D eigenvalue weighted by Gasteiger charge is 2.37. The molecular weight excluding hydrogens is 371 g/mol. The standard InChI is InChI=1S/C22H27N2O3P/c1-4-26-28(25,27-5-2)21(16-18(3)17-23)24-22(19-12-8-6-9-13-19)20-14-10-7-11-15-20/h6-15,18,21H,4-5,16H2,1-3H3/t18-,21+/m1/s1. The highest BCUT2D eigenvalue weighted by molar-refractivity contribution is 7.54. The van der Waals surface area contributed by atoms with Crippen LogP contribution in [0.25, 0.3) is 0 Å². The SMILES string of the molecule is CCOP(=O)(OCC)[C@@H](C[C@@H](C)C#N)N=C(c1ccccc1)c1ccccc1. The molecule has 0 aliphatic carbocycles. The molecule has 0 unspecified atom stereocenters. The summed E-state index contributed by atoms with van der Waals surface area (Å²) in [6, 6.07) is 21.7. The van der Waals surface area contributed by atoms with Crippen LogP contribution in [0.1, 0.15) is 38.3 Å². The maximum absolute atomic E-state index is 13.5. The number of hydrogen-bond donors (Lipinski definition) is 0. The van der Waals surface area contributed by atoms with Crippen molar-refractivity contribution in [3.8, 4) is 6.07 Å². The van der Waals surface area contributed by atoms with Gasteiger partial charge in [0.1, 0.15) is 0 Å².